The van der Waals surface area contributed by atoms with Crippen LogP contribution in [0.25, 0.3) is 0 Å². The quantitative estimate of drug-likeness (QED) is 0.0232. The van der Waals surface area contributed by atoms with Gasteiger partial charge in [-0.2, -0.15) is 0 Å². The maximum absolute atomic E-state index is 14.3. The van der Waals surface area contributed by atoms with Gasteiger partial charge in [-0.3, -0.25) is 60.0 Å². The summed E-state index contributed by atoms with van der Waals surface area (Å²) in [5.74, 6) is -7.32. The van der Waals surface area contributed by atoms with E-state index in [0.29, 0.717) is 25.7 Å². The van der Waals surface area contributed by atoms with Crippen molar-refractivity contribution in [1.82, 2.24) is 63.8 Å². The lowest BCUT2D eigenvalue weighted by Gasteiger charge is -2.29. The molecule has 1 aliphatic rings. The molecule has 0 aromatic heterocycles. The Morgan fingerprint density at radius 3 is 0.676 bits per heavy atom. The fourth-order valence-corrected chi connectivity index (χ4v) is 7.81. The normalized spacial score (nSPS) is 22.9. The number of unbranched alkanes of at least 4 members (excludes halogenated alkanes) is 4. The Kier molecular flexibility index (Phi) is 32.2. The zero-order valence-electron chi connectivity index (χ0n) is 43.8. The van der Waals surface area contributed by atoms with E-state index in [2.05, 4.69) is 63.8 Å². The summed E-state index contributed by atoms with van der Waals surface area (Å²) in [5.41, 5.74) is 21.9. The second-order valence-electron chi connectivity index (χ2n) is 18.2. The number of nitrogens with one attached hydrogen (secondary N) is 16. The molecular formula is C46H88N20O8. The van der Waals surface area contributed by atoms with Crippen molar-refractivity contribution >= 4 is 71.1 Å². The predicted octanol–water partition coefficient (Wildman–Crippen LogP) is -3.09. The monoisotopic (exact) mass is 1050 g/mol. The molecule has 1 aliphatic heterocycles. The molecule has 74 heavy (non-hydrogen) atoms. The van der Waals surface area contributed by atoms with Gasteiger partial charge in [0.25, 0.3) is 0 Å². The molecule has 1 rings (SSSR count). The van der Waals surface area contributed by atoms with Crippen LogP contribution in [-0.2, 0) is 38.4 Å². The van der Waals surface area contributed by atoms with E-state index in [1.54, 1.807) is 13.8 Å². The van der Waals surface area contributed by atoms with Crippen LogP contribution < -0.4 is 86.7 Å². The average molecular weight is 1050 g/mol. The third-order valence-electron chi connectivity index (χ3n) is 12.0. The Morgan fingerprint density at radius 2 is 0.500 bits per heavy atom. The number of carbonyl (C=O) groups is 8. The molecule has 0 bridgehead atoms. The van der Waals surface area contributed by atoms with Crippen LogP contribution in [0.3, 0.4) is 0 Å². The molecule has 8 unspecified atom stereocenters. The Labute approximate surface area is 434 Å². The highest BCUT2D eigenvalue weighted by Crippen LogP contribution is 2.12. The van der Waals surface area contributed by atoms with Crippen LogP contribution >= 0.6 is 0 Å². The minimum atomic E-state index is -1.30. The lowest BCUT2D eigenvalue weighted by Crippen LogP contribution is -2.61. The Bertz CT molecular complexity index is 1740. The third kappa shape index (κ3) is 27.0. The average Bonchev–Trinajstić information content (AvgIpc) is 3.34. The van der Waals surface area contributed by atoms with E-state index in [1.807, 2.05) is 13.8 Å². The van der Waals surface area contributed by atoms with Gasteiger partial charge in [0.1, 0.15) is 48.3 Å². The maximum atomic E-state index is 14.3. The number of amides is 8. The molecule has 0 aromatic carbocycles. The molecule has 8 amide bonds. The van der Waals surface area contributed by atoms with Crippen molar-refractivity contribution < 1.29 is 38.4 Å². The number of hydrogen-bond donors (Lipinski definition) is 20. The van der Waals surface area contributed by atoms with E-state index in [0.717, 1.165) is 12.8 Å². The summed E-state index contributed by atoms with van der Waals surface area (Å²) in [5, 5.41) is 62.6. The van der Waals surface area contributed by atoms with Crippen LogP contribution in [0, 0.1) is 21.6 Å². The Morgan fingerprint density at radius 1 is 0.324 bits per heavy atom. The van der Waals surface area contributed by atoms with Crippen molar-refractivity contribution in [3.05, 3.63) is 0 Å². The molecule has 0 spiro atoms. The van der Waals surface area contributed by atoms with E-state index in [4.69, 9.17) is 44.6 Å². The number of carbonyl (C=O) groups excluding carboxylic acids is 8. The largest absolute Gasteiger partial charge is 0.370 e. The SMILES string of the molecule is CCCCCC1NC(=O)C(CCCNC(=N)N)NC(=O)C(CCCNC(=N)N)NC(=O)C(CC)NC(=O)C(CCCCC)NC(=O)C(CCCNC(=N)N)NC(=O)C(CCCNC(=N)N)NC(=O)C(CC)NC1=O. The minimum Gasteiger partial charge on any atom is -0.370 e. The van der Waals surface area contributed by atoms with E-state index < -0.39 is 95.6 Å². The van der Waals surface area contributed by atoms with E-state index in [1.165, 1.54) is 0 Å². The zero-order chi connectivity index (χ0) is 55.6. The highest BCUT2D eigenvalue weighted by Gasteiger charge is 2.35. The maximum Gasteiger partial charge on any atom is 0.243 e. The first-order valence-corrected chi connectivity index (χ1v) is 25.9. The molecule has 24 N–H and O–H groups in total. The minimum absolute atomic E-state index is 0.0198. The molecule has 28 nitrogen and oxygen atoms in total. The molecule has 28 heteroatoms. The van der Waals surface area contributed by atoms with E-state index in [-0.39, 0.29) is 127 Å². The number of rotatable bonds is 26. The predicted molar refractivity (Wildman–Crippen MR) is 281 cm³/mol. The van der Waals surface area contributed by atoms with Gasteiger partial charge in [0.2, 0.25) is 47.3 Å². The van der Waals surface area contributed by atoms with Crippen molar-refractivity contribution in [2.24, 2.45) is 22.9 Å². The number of hydrogen-bond acceptors (Lipinski definition) is 12. The molecule has 0 aliphatic carbocycles. The summed E-state index contributed by atoms with van der Waals surface area (Å²) in [6, 6.07) is -10.1. The van der Waals surface area contributed by atoms with Crippen LogP contribution in [0.15, 0.2) is 0 Å². The zero-order valence-corrected chi connectivity index (χ0v) is 43.8. The Hall–Kier alpha value is -7.16. The Balaban J connectivity index is 4.04. The summed E-state index contributed by atoms with van der Waals surface area (Å²) in [4.78, 5) is 114. The van der Waals surface area contributed by atoms with Crippen molar-refractivity contribution in [3.63, 3.8) is 0 Å². The second-order valence-corrected chi connectivity index (χ2v) is 18.2. The number of nitrogens with two attached hydrogens (primary N) is 4. The van der Waals surface area contributed by atoms with Crippen molar-refractivity contribution in [2.45, 2.75) is 192 Å². The smallest absolute Gasteiger partial charge is 0.243 e. The summed E-state index contributed by atoms with van der Waals surface area (Å²) >= 11 is 0. The molecule has 0 aromatic rings. The van der Waals surface area contributed by atoms with Crippen molar-refractivity contribution in [3.8, 4) is 0 Å². The molecule has 1 heterocycles. The standard InChI is InChI=1S/C46H88N20O8/c1-5-9-11-17-29-37(69)59-27(7-3)35(67)61-32(20-14-24-56-44(49)50)40(72)66-34(22-16-26-58-46(53)54)42(74)64-30(18-12-10-6-2)38(70)60-28(8-4)36(68)62-31(19-13-23-55-43(47)48)39(71)65-33(41(73)63-29)21-15-25-57-45(51)52/h27-34H,5-26H2,1-4H3,(H,59,69)(H,60,70)(H,61,67)(H,62,68)(H,63,73)(H,64,74)(H,65,71)(H,66,72)(H4,47,48,55)(H4,49,50,56)(H4,51,52,57)(H4,53,54,58). The van der Waals surface area contributed by atoms with Gasteiger partial charge in [-0.25, -0.2) is 0 Å². The van der Waals surface area contributed by atoms with Gasteiger partial charge in [-0.1, -0.05) is 66.2 Å². The van der Waals surface area contributed by atoms with Gasteiger partial charge in [-0.15, -0.1) is 0 Å². The third-order valence-corrected chi connectivity index (χ3v) is 12.0. The van der Waals surface area contributed by atoms with Gasteiger partial charge in [0.05, 0.1) is 0 Å². The van der Waals surface area contributed by atoms with Gasteiger partial charge in [-0.05, 0) is 77.0 Å². The first-order valence-electron chi connectivity index (χ1n) is 25.9. The molecule has 0 saturated carbocycles. The number of guanidine groups is 4. The van der Waals surface area contributed by atoms with E-state index >= 15 is 0 Å². The van der Waals surface area contributed by atoms with Crippen LogP contribution in [0.2, 0.25) is 0 Å². The molecule has 1 fully saturated rings. The van der Waals surface area contributed by atoms with Crippen LogP contribution in [0.4, 0.5) is 0 Å². The van der Waals surface area contributed by atoms with Gasteiger partial charge >= 0.3 is 0 Å². The first kappa shape index (κ1) is 64.9. The van der Waals surface area contributed by atoms with Crippen LogP contribution in [0.1, 0.15) is 143 Å². The topological polar surface area (TPSA) is 480 Å². The highest BCUT2D eigenvalue weighted by atomic mass is 16.2. The van der Waals surface area contributed by atoms with Crippen molar-refractivity contribution in [1.29, 1.82) is 21.6 Å². The fraction of sp³-hybridized carbons (Fsp3) is 0.739. The molecule has 0 radical (unpaired) electrons. The molecule has 1 saturated heterocycles. The second kappa shape index (κ2) is 36.7. The van der Waals surface area contributed by atoms with Crippen LogP contribution in [0.5, 0.6) is 0 Å². The lowest BCUT2D eigenvalue weighted by molar-refractivity contribution is -0.137. The van der Waals surface area contributed by atoms with Gasteiger partial charge < -0.3 is 86.7 Å². The molecule has 8 atom stereocenters. The molecule has 420 valence electrons. The summed E-state index contributed by atoms with van der Waals surface area (Å²) in [7, 11) is 0. The summed E-state index contributed by atoms with van der Waals surface area (Å²) in [6.45, 7) is 7.73. The van der Waals surface area contributed by atoms with Crippen molar-refractivity contribution in [2.75, 3.05) is 26.2 Å². The summed E-state index contributed by atoms with van der Waals surface area (Å²) < 4.78 is 0. The van der Waals surface area contributed by atoms with Crippen LogP contribution in [-0.4, -0.2) is 146 Å². The highest BCUT2D eigenvalue weighted by molar-refractivity contribution is 5.99. The van der Waals surface area contributed by atoms with Gasteiger partial charge in [0, 0.05) is 26.2 Å². The summed E-state index contributed by atoms with van der Waals surface area (Å²) in [6.07, 6.45) is 5.00. The fourth-order valence-electron chi connectivity index (χ4n) is 7.81. The lowest BCUT2D eigenvalue weighted by atomic mass is 10.0. The van der Waals surface area contributed by atoms with E-state index in [9.17, 15) is 38.4 Å². The molecular weight excluding hydrogens is 961 g/mol. The van der Waals surface area contributed by atoms with Gasteiger partial charge in [0.15, 0.2) is 23.8 Å². The first-order chi connectivity index (χ1) is 35.2.